The third-order valence-corrected chi connectivity index (χ3v) is 5.60. The van der Waals surface area contributed by atoms with Gasteiger partial charge in [0, 0.05) is 47.4 Å². The molecule has 2 atom stereocenters. The molecule has 0 radical (unpaired) electrons. The summed E-state index contributed by atoms with van der Waals surface area (Å²) in [4.78, 5) is 19.2. The number of rotatable bonds is 8. The van der Waals surface area contributed by atoms with Gasteiger partial charge >= 0.3 is 0 Å². The molecule has 160 valence electrons. The fourth-order valence-corrected chi connectivity index (χ4v) is 3.76. The van der Waals surface area contributed by atoms with Crippen LogP contribution >= 0.6 is 35.3 Å². The highest BCUT2D eigenvalue weighted by molar-refractivity contribution is 14.0. The minimum Gasteiger partial charge on any atom is -0.354 e. The van der Waals surface area contributed by atoms with E-state index < -0.39 is 0 Å². The second-order valence-electron chi connectivity index (χ2n) is 7.17. The molecule has 0 saturated carbocycles. The molecule has 0 aliphatic carbocycles. The molecule has 0 saturated heterocycles. The average molecular weight is 529 g/mol. The van der Waals surface area contributed by atoms with Gasteiger partial charge in [0.15, 0.2) is 5.96 Å². The summed E-state index contributed by atoms with van der Waals surface area (Å²) in [5.74, 6) is 0.753. The lowest BCUT2D eigenvalue weighted by molar-refractivity contribution is 0.0939. The monoisotopic (exact) mass is 528 g/mol. The van der Waals surface area contributed by atoms with Crippen LogP contribution in [-0.2, 0) is 13.0 Å². The fourth-order valence-electron chi connectivity index (χ4n) is 2.74. The second kappa shape index (κ2) is 12.8. The molecule has 29 heavy (non-hydrogen) atoms. The quantitative estimate of drug-likeness (QED) is 0.269. The molecule has 2 rings (SSSR count). The fraction of sp³-hybridized carbons (Fsp3) is 0.455. The van der Waals surface area contributed by atoms with Gasteiger partial charge < -0.3 is 16.0 Å². The van der Waals surface area contributed by atoms with Crippen molar-refractivity contribution in [2.75, 3.05) is 7.05 Å². The van der Waals surface area contributed by atoms with Crippen molar-refractivity contribution in [3.63, 3.8) is 0 Å². The molecule has 3 N–H and O–H groups in total. The van der Waals surface area contributed by atoms with E-state index in [4.69, 9.17) is 0 Å². The van der Waals surface area contributed by atoms with Crippen LogP contribution in [0.1, 0.15) is 52.9 Å². The van der Waals surface area contributed by atoms with Crippen molar-refractivity contribution in [2.45, 2.75) is 59.2 Å². The van der Waals surface area contributed by atoms with Crippen LogP contribution in [0.25, 0.3) is 0 Å². The number of guanidine groups is 1. The zero-order valence-corrected chi connectivity index (χ0v) is 21.1. The van der Waals surface area contributed by atoms with Gasteiger partial charge in [0.2, 0.25) is 0 Å². The molecule has 2 unspecified atom stereocenters. The summed E-state index contributed by atoms with van der Waals surface area (Å²) in [7, 11) is 1.78. The molecule has 1 amide bonds. The predicted molar refractivity (Wildman–Crippen MR) is 135 cm³/mol. The Labute approximate surface area is 195 Å². The van der Waals surface area contributed by atoms with Crippen molar-refractivity contribution in [3.8, 4) is 0 Å². The largest absolute Gasteiger partial charge is 0.354 e. The van der Waals surface area contributed by atoms with Crippen molar-refractivity contribution >= 4 is 47.2 Å². The molecule has 1 heterocycles. The van der Waals surface area contributed by atoms with Gasteiger partial charge in [-0.2, -0.15) is 0 Å². The number of halogens is 1. The highest BCUT2D eigenvalue weighted by atomic mass is 127. The number of aryl methyl sites for hydroxylation is 1. The number of nitrogens with one attached hydrogen (secondary N) is 3. The highest BCUT2D eigenvalue weighted by Gasteiger charge is 2.10. The molecular formula is C22H33IN4OS. The van der Waals surface area contributed by atoms with Gasteiger partial charge in [-0.25, -0.2) is 0 Å². The van der Waals surface area contributed by atoms with Crippen LogP contribution in [0, 0.1) is 6.92 Å². The van der Waals surface area contributed by atoms with Crippen molar-refractivity contribution in [2.24, 2.45) is 4.99 Å². The zero-order valence-electron chi connectivity index (χ0n) is 17.9. The first kappa shape index (κ1) is 25.4. The Morgan fingerprint density at radius 3 is 2.31 bits per heavy atom. The van der Waals surface area contributed by atoms with Crippen molar-refractivity contribution in [1.29, 1.82) is 0 Å². The third kappa shape index (κ3) is 8.74. The van der Waals surface area contributed by atoms with E-state index in [0.717, 1.165) is 24.4 Å². The Bertz CT molecular complexity index is 788. The summed E-state index contributed by atoms with van der Waals surface area (Å²) < 4.78 is 0. The lowest BCUT2D eigenvalue weighted by Gasteiger charge is -2.17. The van der Waals surface area contributed by atoms with E-state index in [-0.39, 0.29) is 42.0 Å². The number of carbonyl (C=O) groups excluding carboxylic acids is 1. The minimum absolute atomic E-state index is 0. The van der Waals surface area contributed by atoms with E-state index >= 15 is 0 Å². The molecule has 2 aromatic rings. The summed E-state index contributed by atoms with van der Waals surface area (Å²) >= 11 is 1.84. The van der Waals surface area contributed by atoms with E-state index in [1.54, 1.807) is 7.05 Å². The molecule has 0 spiro atoms. The molecule has 0 fully saturated rings. The first-order valence-electron chi connectivity index (χ1n) is 9.83. The average Bonchev–Trinajstić information content (AvgIpc) is 3.09. The molecule has 5 nitrogen and oxygen atoms in total. The Morgan fingerprint density at radius 1 is 1.07 bits per heavy atom. The van der Waals surface area contributed by atoms with Crippen LogP contribution in [0.3, 0.4) is 0 Å². The smallest absolute Gasteiger partial charge is 0.251 e. The van der Waals surface area contributed by atoms with Gasteiger partial charge in [-0.05, 0) is 57.0 Å². The van der Waals surface area contributed by atoms with Gasteiger partial charge in [0.05, 0.1) is 0 Å². The number of amides is 1. The normalized spacial score (nSPS) is 13.2. The van der Waals surface area contributed by atoms with Gasteiger partial charge in [-0.15, -0.1) is 35.3 Å². The maximum absolute atomic E-state index is 12.2. The summed E-state index contributed by atoms with van der Waals surface area (Å²) in [5.41, 5.74) is 1.79. The summed E-state index contributed by atoms with van der Waals surface area (Å²) in [5, 5.41) is 9.76. The molecule has 1 aromatic heterocycles. The minimum atomic E-state index is -0.0241. The van der Waals surface area contributed by atoms with E-state index in [1.807, 2.05) is 42.5 Å². The topological polar surface area (TPSA) is 65.5 Å². The lowest BCUT2D eigenvalue weighted by Crippen LogP contribution is -2.42. The summed E-state index contributed by atoms with van der Waals surface area (Å²) in [6.45, 7) is 9.01. The van der Waals surface area contributed by atoms with Crippen molar-refractivity contribution < 1.29 is 4.79 Å². The molecule has 0 bridgehead atoms. The van der Waals surface area contributed by atoms with Crippen LogP contribution in [-0.4, -0.2) is 31.0 Å². The van der Waals surface area contributed by atoms with Crippen LogP contribution in [0.2, 0.25) is 0 Å². The summed E-state index contributed by atoms with van der Waals surface area (Å²) in [6.07, 6.45) is 1.89. The van der Waals surface area contributed by atoms with Gasteiger partial charge in [0.1, 0.15) is 0 Å². The van der Waals surface area contributed by atoms with E-state index in [0.29, 0.717) is 12.1 Å². The highest BCUT2D eigenvalue weighted by Crippen LogP contribution is 2.16. The first-order valence-corrected chi connectivity index (χ1v) is 10.6. The SMILES string of the molecule is CCC(C)NC(=O)c1ccc(CNC(=NC)NC(C)Cc2ccc(C)s2)cc1.I. The standard InChI is InChI=1S/C22H32N4OS.HI/c1-6-15(2)25-21(27)19-10-8-18(9-11-19)14-24-22(23-5)26-16(3)13-20-12-7-17(4)28-20;/h7-12,15-16H,6,13-14H2,1-5H3,(H,25,27)(H2,23,24,26);1H. The number of hydrogen-bond acceptors (Lipinski definition) is 3. The lowest BCUT2D eigenvalue weighted by atomic mass is 10.1. The van der Waals surface area contributed by atoms with E-state index in [9.17, 15) is 4.79 Å². The van der Waals surface area contributed by atoms with Gasteiger partial charge in [0.25, 0.3) is 5.91 Å². The van der Waals surface area contributed by atoms with Crippen LogP contribution in [0.15, 0.2) is 41.4 Å². The molecule has 0 aliphatic heterocycles. The van der Waals surface area contributed by atoms with Crippen molar-refractivity contribution in [3.05, 3.63) is 57.3 Å². The molecule has 7 heteroatoms. The van der Waals surface area contributed by atoms with E-state index in [1.165, 1.54) is 9.75 Å². The second-order valence-corrected chi connectivity index (χ2v) is 8.54. The molecular weight excluding hydrogens is 495 g/mol. The number of thiophene rings is 1. The zero-order chi connectivity index (χ0) is 20.5. The number of hydrogen-bond donors (Lipinski definition) is 3. The number of aliphatic imine (C=N–C) groups is 1. The summed E-state index contributed by atoms with van der Waals surface area (Å²) in [6, 6.07) is 12.5. The van der Waals surface area contributed by atoms with Crippen molar-refractivity contribution in [1.82, 2.24) is 16.0 Å². The number of nitrogens with zero attached hydrogens (tertiary/aromatic N) is 1. The van der Waals surface area contributed by atoms with Crippen LogP contribution in [0.5, 0.6) is 0 Å². The maximum Gasteiger partial charge on any atom is 0.251 e. The van der Waals surface area contributed by atoms with E-state index in [2.05, 4.69) is 53.8 Å². The Morgan fingerprint density at radius 2 is 1.76 bits per heavy atom. The third-order valence-electron chi connectivity index (χ3n) is 4.58. The van der Waals surface area contributed by atoms with Gasteiger partial charge in [-0.1, -0.05) is 19.1 Å². The molecule has 0 aliphatic rings. The van der Waals surface area contributed by atoms with Crippen LogP contribution in [0.4, 0.5) is 0 Å². The maximum atomic E-state index is 12.2. The number of benzene rings is 1. The van der Waals surface area contributed by atoms with Gasteiger partial charge in [-0.3, -0.25) is 9.79 Å². The first-order chi connectivity index (χ1) is 13.4. The Kier molecular flexibility index (Phi) is 11.3. The number of carbonyl (C=O) groups is 1. The Hall–Kier alpha value is -1.61. The predicted octanol–water partition coefficient (Wildman–Crippen LogP) is 4.50. The Balaban J connectivity index is 0.00000420. The van der Waals surface area contributed by atoms with Crippen LogP contribution < -0.4 is 16.0 Å². The molecule has 1 aromatic carbocycles.